The minimum atomic E-state index is -0.383. The van der Waals surface area contributed by atoms with E-state index < -0.39 is 0 Å². The molecule has 0 aliphatic carbocycles. The van der Waals surface area contributed by atoms with Crippen molar-refractivity contribution in [2.24, 2.45) is 7.05 Å². The Bertz CT molecular complexity index is 306. The molecule has 2 N–H and O–H groups in total. The topological polar surface area (TPSA) is 63.5 Å². The number of carbonyl (C=O) groups excluding carboxylic acids is 1. The lowest BCUT2D eigenvalue weighted by molar-refractivity contribution is 0.0590. The van der Waals surface area contributed by atoms with Crippen LogP contribution >= 0.6 is 0 Å². The van der Waals surface area contributed by atoms with Gasteiger partial charge in [0.15, 0.2) is 0 Å². The van der Waals surface area contributed by atoms with E-state index in [-0.39, 0.29) is 5.97 Å². The summed E-state index contributed by atoms with van der Waals surface area (Å²) < 4.78 is 6.22. The minimum absolute atomic E-state index is 0.310. The quantitative estimate of drug-likeness (QED) is 0.523. The van der Waals surface area contributed by atoms with Gasteiger partial charge in [0.25, 0.3) is 0 Å². The summed E-state index contributed by atoms with van der Waals surface area (Å²) in [5.41, 5.74) is 3.31. The Balaban J connectivity index is 2.89. The molecule has 1 aromatic heterocycles. The monoisotopic (exact) mass is 184 g/mol. The first-order valence-electron chi connectivity index (χ1n) is 3.79. The Labute approximate surface area is 75.9 Å². The van der Waals surface area contributed by atoms with Crippen molar-refractivity contribution in [2.45, 2.75) is 6.54 Å². The molecule has 0 spiro atoms. The summed E-state index contributed by atoms with van der Waals surface area (Å²) in [7, 11) is 3.08. The van der Waals surface area contributed by atoms with Crippen molar-refractivity contribution in [1.29, 1.82) is 0 Å². The Morgan fingerprint density at radius 2 is 2.46 bits per heavy atom. The second kappa shape index (κ2) is 4.06. The number of esters is 1. The molecule has 1 heterocycles. The van der Waals surface area contributed by atoms with Crippen LogP contribution in [-0.2, 0) is 18.3 Å². The lowest BCUT2D eigenvalue weighted by Crippen LogP contribution is -2.06. The molecule has 5 nitrogen and oxygen atoms in total. The highest BCUT2D eigenvalue weighted by molar-refractivity contribution is 5.87. The summed E-state index contributed by atoms with van der Waals surface area (Å²) in [6.07, 6.45) is 1.75. The summed E-state index contributed by atoms with van der Waals surface area (Å²) >= 11 is 0. The molecule has 0 saturated heterocycles. The number of hydroxylamine groups is 1. The fourth-order valence-electron chi connectivity index (χ4n) is 1.13. The average Bonchev–Trinajstić information content (AvgIpc) is 2.46. The highest BCUT2D eigenvalue weighted by Gasteiger charge is 2.10. The third-order valence-electron chi connectivity index (χ3n) is 1.74. The molecular formula is C8H12N2O3. The molecule has 0 atom stereocenters. The van der Waals surface area contributed by atoms with E-state index in [1.54, 1.807) is 23.9 Å². The predicted octanol–water partition coefficient (Wildman–Crippen LogP) is 0.290. The summed E-state index contributed by atoms with van der Waals surface area (Å²) in [5.74, 6) is -0.383. The van der Waals surface area contributed by atoms with Gasteiger partial charge in [0.1, 0.15) is 5.69 Å². The molecule has 0 saturated carbocycles. The van der Waals surface area contributed by atoms with Crippen LogP contribution in [0, 0.1) is 0 Å². The predicted molar refractivity (Wildman–Crippen MR) is 45.4 cm³/mol. The third kappa shape index (κ3) is 2.07. The van der Waals surface area contributed by atoms with Crippen molar-refractivity contribution < 1.29 is 14.7 Å². The van der Waals surface area contributed by atoms with Crippen molar-refractivity contribution in [3.05, 3.63) is 23.5 Å². The number of nitrogens with one attached hydrogen (secondary N) is 1. The van der Waals surface area contributed by atoms with Crippen molar-refractivity contribution in [3.8, 4) is 0 Å². The van der Waals surface area contributed by atoms with Gasteiger partial charge in [0.2, 0.25) is 0 Å². The summed E-state index contributed by atoms with van der Waals surface area (Å²) in [5, 5.41) is 8.44. The second-order valence-electron chi connectivity index (χ2n) is 2.67. The number of aryl methyl sites for hydroxylation is 1. The maximum Gasteiger partial charge on any atom is 0.354 e. The van der Waals surface area contributed by atoms with Crippen LogP contribution in [0.15, 0.2) is 12.3 Å². The van der Waals surface area contributed by atoms with Gasteiger partial charge in [0.05, 0.1) is 7.11 Å². The standard InChI is InChI=1S/C8H12N2O3/c1-10-5-6(4-9-12)3-7(10)8(11)13-2/h3,5,9,12H,4H2,1-2H3. The van der Waals surface area contributed by atoms with E-state index in [1.165, 1.54) is 7.11 Å². The fraction of sp³-hybridized carbons (Fsp3) is 0.375. The molecule has 0 aliphatic rings. The van der Waals surface area contributed by atoms with E-state index in [0.717, 1.165) is 5.56 Å². The Morgan fingerprint density at radius 3 is 3.00 bits per heavy atom. The first kappa shape index (κ1) is 9.76. The molecule has 0 aromatic carbocycles. The Morgan fingerprint density at radius 1 is 1.77 bits per heavy atom. The van der Waals surface area contributed by atoms with E-state index >= 15 is 0 Å². The highest BCUT2D eigenvalue weighted by atomic mass is 16.5. The zero-order chi connectivity index (χ0) is 9.84. The van der Waals surface area contributed by atoms with Gasteiger partial charge in [0, 0.05) is 19.8 Å². The first-order chi connectivity index (χ1) is 6.19. The van der Waals surface area contributed by atoms with E-state index in [0.29, 0.717) is 12.2 Å². The molecular weight excluding hydrogens is 172 g/mol. The fourth-order valence-corrected chi connectivity index (χ4v) is 1.13. The van der Waals surface area contributed by atoms with Gasteiger partial charge in [-0.05, 0) is 11.6 Å². The normalized spacial score (nSPS) is 10.1. The van der Waals surface area contributed by atoms with Crippen molar-refractivity contribution >= 4 is 5.97 Å². The zero-order valence-electron chi connectivity index (χ0n) is 7.57. The summed E-state index contributed by atoms with van der Waals surface area (Å²) in [6.45, 7) is 0.310. The Kier molecular flexibility index (Phi) is 3.05. The van der Waals surface area contributed by atoms with Gasteiger partial charge in [-0.25, -0.2) is 10.3 Å². The smallest absolute Gasteiger partial charge is 0.354 e. The van der Waals surface area contributed by atoms with E-state index in [9.17, 15) is 4.79 Å². The van der Waals surface area contributed by atoms with Gasteiger partial charge in [-0.2, -0.15) is 0 Å². The van der Waals surface area contributed by atoms with E-state index in [4.69, 9.17) is 5.21 Å². The number of hydrogen-bond donors (Lipinski definition) is 2. The van der Waals surface area contributed by atoms with E-state index in [2.05, 4.69) is 4.74 Å². The molecule has 5 heteroatoms. The third-order valence-corrected chi connectivity index (χ3v) is 1.74. The van der Waals surface area contributed by atoms with Gasteiger partial charge in [-0.1, -0.05) is 0 Å². The van der Waals surface area contributed by atoms with Crippen LogP contribution in [0.4, 0.5) is 0 Å². The van der Waals surface area contributed by atoms with Gasteiger partial charge >= 0.3 is 5.97 Å². The number of ether oxygens (including phenoxy) is 1. The van der Waals surface area contributed by atoms with Crippen LogP contribution in [0.2, 0.25) is 0 Å². The lowest BCUT2D eigenvalue weighted by atomic mass is 10.3. The van der Waals surface area contributed by atoms with Crippen molar-refractivity contribution in [1.82, 2.24) is 10.0 Å². The number of methoxy groups -OCH3 is 1. The average molecular weight is 184 g/mol. The number of nitrogens with zero attached hydrogens (tertiary/aromatic N) is 1. The van der Waals surface area contributed by atoms with Gasteiger partial charge < -0.3 is 14.5 Å². The van der Waals surface area contributed by atoms with Crippen molar-refractivity contribution in [2.75, 3.05) is 7.11 Å². The lowest BCUT2D eigenvalue weighted by Gasteiger charge is -1.98. The van der Waals surface area contributed by atoms with Crippen LogP contribution in [-0.4, -0.2) is 22.9 Å². The second-order valence-corrected chi connectivity index (χ2v) is 2.67. The molecule has 1 rings (SSSR count). The summed E-state index contributed by atoms with van der Waals surface area (Å²) in [4.78, 5) is 11.1. The number of rotatable bonds is 3. The molecule has 0 aliphatic heterocycles. The zero-order valence-corrected chi connectivity index (χ0v) is 7.57. The van der Waals surface area contributed by atoms with Crippen LogP contribution in [0.25, 0.3) is 0 Å². The minimum Gasteiger partial charge on any atom is -0.464 e. The number of hydrogen-bond acceptors (Lipinski definition) is 4. The molecule has 1 aromatic rings. The van der Waals surface area contributed by atoms with E-state index in [1.807, 2.05) is 5.48 Å². The van der Waals surface area contributed by atoms with Gasteiger partial charge in [-0.3, -0.25) is 0 Å². The SMILES string of the molecule is COC(=O)c1cc(CNO)cn1C. The molecule has 72 valence electrons. The summed E-state index contributed by atoms with van der Waals surface area (Å²) in [6, 6.07) is 1.66. The maximum absolute atomic E-state index is 11.1. The molecule has 0 amide bonds. The van der Waals surface area contributed by atoms with Crippen LogP contribution in [0.5, 0.6) is 0 Å². The molecule has 0 fully saturated rings. The number of aromatic nitrogens is 1. The molecule has 0 radical (unpaired) electrons. The van der Waals surface area contributed by atoms with Crippen LogP contribution in [0.3, 0.4) is 0 Å². The molecule has 0 bridgehead atoms. The molecule has 13 heavy (non-hydrogen) atoms. The van der Waals surface area contributed by atoms with Crippen LogP contribution in [0.1, 0.15) is 16.1 Å². The van der Waals surface area contributed by atoms with Crippen molar-refractivity contribution in [3.63, 3.8) is 0 Å². The van der Waals surface area contributed by atoms with Gasteiger partial charge in [-0.15, -0.1) is 0 Å². The van der Waals surface area contributed by atoms with Crippen LogP contribution < -0.4 is 5.48 Å². The first-order valence-corrected chi connectivity index (χ1v) is 3.79. The number of carbonyl (C=O) groups is 1. The molecule has 0 unspecified atom stereocenters. The maximum atomic E-state index is 11.1. The largest absolute Gasteiger partial charge is 0.464 e. The Hall–Kier alpha value is -1.33. The highest BCUT2D eigenvalue weighted by Crippen LogP contribution is 2.07.